The highest BCUT2D eigenvalue weighted by molar-refractivity contribution is 7.15. The molecule has 0 unspecified atom stereocenters. The Balaban J connectivity index is 2.55. The zero-order valence-corrected chi connectivity index (χ0v) is 11.9. The molecule has 114 valence electrons. The maximum absolute atomic E-state index is 13.7. The fourth-order valence-electron chi connectivity index (χ4n) is 1.93. The third-order valence-electron chi connectivity index (χ3n) is 2.93. The highest BCUT2D eigenvalue weighted by atomic mass is 32.1. The van der Waals surface area contributed by atoms with Crippen LogP contribution in [0.1, 0.15) is 35.9 Å². The summed E-state index contributed by atoms with van der Waals surface area (Å²) >= 11 is 0.966. The lowest BCUT2D eigenvalue weighted by atomic mass is 10.0. The quantitative estimate of drug-likeness (QED) is 0.524. The maximum Gasteiger partial charge on any atom is 0.200 e. The van der Waals surface area contributed by atoms with Crippen molar-refractivity contribution in [2.24, 2.45) is 0 Å². The van der Waals surface area contributed by atoms with Crippen LogP contribution in [-0.2, 0) is 6.42 Å². The highest BCUT2D eigenvalue weighted by Gasteiger charge is 2.27. The molecular formula is C13H11F5N2S. The molecule has 0 spiro atoms. The van der Waals surface area contributed by atoms with Crippen molar-refractivity contribution in [2.75, 3.05) is 5.73 Å². The van der Waals surface area contributed by atoms with E-state index in [0.29, 0.717) is 10.6 Å². The smallest absolute Gasteiger partial charge is 0.200 e. The number of aromatic nitrogens is 1. The van der Waals surface area contributed by atoms with Gasteiger partial charge in [-0.1, -0.05) is 13.8 Å². The fourth-order valence-corrected chi connectivity index (χ4v) is 2.93. The number of rotatable bonds is 3. The van der Waals surface area contributed by atoms with Crippen LogP contribution < -0.4 is 5.73 Å². The predicted molar refractivity (Wildman–Crippen MR) is 69.7 cm³/mol. The Kier molecular flexibility index (Phi) is 4.18. The monoisotopic (exact) mass is 322 g/mol. The minimum absolute atomic E-state index is 0.0881. The Bertz CT molecular complexity index is 667. The van der Waals surface area contributed by atoms with Crippen LogP contribution in [0, 0.1) is 29.1 Å². The predicted octanol–water partition coefficient (Wildman–Crippen LogP) is 4.14. The normalized spacial score (nSPS) is 11.4. The van der Waals surface area contributed by atoms with Gasteiger partial charge in [0.1, 0.15) is 0 Å². The summed E-state index contributed by atoms with van der Waals surface area (Å²) in [5.74, 6) is -9.81. The number of benzene rings is 1. The summed E-state index contributed by atoms with van der Waals surface area (Å²) in [6, 6.07) is 0. The van der Waals surface area contributed by atoms with E-state index in [1.807, 2.05) is 0 Å². The van der Waals surface area contributed by atoms with Crippen molar-refractivity contribution in [3.05, 3.63) is 45.2 Å². The molecule has 1 aromatic carbocycles. The minimum atomic E-state index is -2.17. The highest BCUT2D eigenvalue weighted by Crippen LogP contribution is 2.32. The SMILES string of the molecule is CC(C)c1nc(N)sc1Cc1c(F)c(F)c(F)c(F)c1F. The van der Waals surface area contributed by atoms with Gasteiger partial charge in [0.2, 0.25) is 5.82 Å². The summed E-state index contributed by atoms with van der Waals surface area (Å²) in [4.78, 5) is 4.40. The number of nitrogen functional groups attached to an aromatic ring is 1. The molecule has 0 aliphatic rings. The number of hydrogen-bond donors (Lipinski definition) is 1. The zero-order chi connectivity index (χ0) is 15.9. The second-order valence-electron chi connectivity index (χ2n) is 4.74. The van der Waals surface area contributed by atoms with Gasteiger partial charge in [0.05, 0.1) is 5.69 Å². The molecule has 2 nitrogen and oxygen atoms in total. The van der Waals surface area contributed by atoms with Crippen molar-refractivity contribution in [3.63, 3.8) is 0 Å². The van der Waals surface area contributed by atoms with E-state index in [2.05, 4.69) is 4.98 Å². The van der Waals surface area contributed by atoms with E-state index in [1.54, 1.807) is 13.8 Å². The molecule has 2 N–H and O–H groups in total. The molecule has 0 radical (unpaired) electrons. The number of anilines is 1. The maximum atomic E-state index is 13.7. The topological polar surface area (TPSA) is 38.9 Å². The van der Waals surface area contributed by atoms with Gasteiger partial charge in [-0.05, 0) is 5.92 Å². The second kappa shape index (κ2) is 5.59. The van der Waals surface area contributed by atoms with E-state index >= 15 is 0 Å². The van der Waals surface area contributed by atoms with Gasteiger partial charge in [0.15, 0.2) is 28.4 Å². The van der Waals surface area contributed by atoms with Crippen LogP contribution in [0.4, 0.5) is 27.1 Å². The van der Waals surface area contributed by atoms with Gasteiger partial charge in [0, 0.05) is 16.9 Å². The third-order valence-corrected chi connectivity index (χ3v) is 3.83. The number of halogens is 5. The lowest BCUT2D eigenvalue weighted by molar-refractivity contribution is 0.371. The molecule has 2 aromatic rings. The summed E-state index contributed by atoms with van der Waals surface area (Å²) in [5.41, 5.74) is 5.15. The molecule has 0 saturated carbocycles. The van der Waals surface area contributed by atoms with Crippen molar-refractivity contribution in [2.45, 2.75) is 26.2 Å². The summed E-state index contributed by atoms with van der Waals surface area (Å²) in [6.45, 7) is 3.58. The minimum Gasteiger partial charge on any atom is -0.375 e. The molecule has 1 heterocycles. The number of hydrogen-bond acceptors (Lipinski definition) is 3. The summed E-state index contributed by atoms with van der Waals surface area (Å²) < 4.78 is 66.7. The first-order valence-corrected chi connectivity index (χ1v) is 6.81. The number of thiazole rings is 1. The first-order valence-electron chi connectivity index (χ1n) is 5.99. The molecule has 0 atom stereocenters. The lowest BCUT2D eigenvalue weighted by Crippen LogP contribution is -2.08. The third kappa shape index (κ3) is 2.72. The molecule has 1 aromatic heterocycles. The molecule has 0 aliphatic carbocycles. The summed E-state index contributed by atoms with van der Waals surface area (Å²) in [7, 11) is 0. The molecule has 21 heavy (non-hydrogen) atoms. The van der Waals surface area contributed by atoms with E-state index in [9.17, 15) is 22.0 Å². The van der Waals surface area contributed by atoms with Crippen molar-refractivity contribution in [3.8, 4) is 0 Å². The van der Waals surface area contributed by atoms with Crippen LogP contribution in [0.5, 0.6) is 0 Å². The Morgan fingerprint density at radius 3 is 1.90 bits per heavy atom. The zero-order valence-electron chi connectivity index (χ0n) is 11.1. The van der Waals surface area contributed by atoms with E-state index in [-0.39, 0.29) is 11.0 Å². The Labute approximate surface area is 121 Å². The van der Waals surface area contributed by atoms with Crippen LogP contribution in [0.3, 0.4) is 0 Å². The molecular weight excluding hydrogens is 311 g/mol. The molecule has 0 fully saturated rings. The molecule has 8 heteroatoms. The van der Waals surface area contributed by atoms with Gasteiger partial charge in [0.25, 0.3) is 0 Å². The van der Waals surface area contributed by atoms with Gasteiger partial charge in [-0.3, -0.25) is 0 Å². The van der Waals surface area contributed by atoms with Gasteiger partial charge < -0.3 is 5.73 Å². The molecule has 2 rings (SSSR count). The largest absolute Gasteiger partial charge is 0.375 e. The van der Waals surface area contributed by atoms with E-state index in [0.717, 1.165) is 11.3 Å². The average Bonchev–Trinajstić information content (AvgIpc) is 2.80. The van der Waals surface area contributed by atoms with Crippen LogP contribution >= 0.6 is 11.3 Å². The second-order valence-corrected chi connectivity index (χ2v) is 5.86. The van der Waals surface area contributed by atoms with Gasteiger partial charge in [-0.25, -0.2) is 26.9 Å². The number of nitrogens with zero attached hydrogens (tertiary/aromatic N) is 1. The van der Waals surface area contributed by atoms with E-state index in [4.69, 9.17) is 5.73 Å². The average molecular weight is 322 g/mol. The van der Waals surface area contributed by atoms with Crippen molar-refractivity contribution in [1.29, 1.82) is 0 Å². The molecule has 0 aliphatic heterocycles. The number of nitrogens with two attached hydrogens (primary N) is 1. The van der Waals surface area contributed by atoms with Crippen molar-refractivity contribution in [1.82, 2.24) is 4.98 Å². The molecule has 0 amide bonds. The Morgan fingerprint density at radius 2 is 1.43 bits per heavy atom. The molecule has 0 bridgehead atoms. The van der Waals surface area contributed by atoms with Crippen LogP contribution in [0.2, 0.25) is 0 Å². The van der Waals surface area contributed by atoms with Gasteiger partial charge >= 0.3 is 0 Å². The van der Waals surface area contributed by atoms with E-state index in [1.165, 1.54) is 0 Å². The fraction of sp³-hybridized carbons (Fsp3) is 0.308. The van der Waals surface area contributed by atoms with Crippen molar-refractivity contribution < 1.29 is 22.0 Å². The molecule has 0 saturated heterocycles. The van der Waals surface area contributed by atoms with Crippen LogP contribution in [0.15, 0.2) is 0 Å². The van der Waals surface area contributed by atoms with Crippen LogP contribution in [0.25, 0.3) is 0 Å². The van der Waals surface area contributed by atoms with Gasteiger partial charge in [-0.2, -0.15) is 0 Å². The summed E-state index contributed by atoms with van der Waals surface area (Å²) in [6.07, 6.45) is -0.450. The Morgan fingerprint density at radius 1 is 0.952 bits per heavy atom. The van der Waals surface area contributed by atoms with Gasteiger partial charge in [-0.15, -0.1) is 11.3 Å². The first-order chi connectivity index (χ1) is 9.73. The van der Waals surface area contributed by atoms with E-state index < -0.39 is 41.1 Å². The first kappa shape index (κ1) is 15.7. The standard InChI is InChI=1S/C13H11F5N2S/c1-4(2)12-6(21-13(19)20-12)3-5-7(14)9(16)11(18)10(17)8(5)15/h4H,3H2,1-2H3,(H2,19,20). The van der Waals surface area contributed by atoms with Crippen molar-refractivity contribution >= 4 is 16.5 Å². The van der Waals surface area contributed by atoms with Crippen LogP contribution in [-0.4, -0.2) is 4.98 Å². The Hall–Kier alpha value is -1.70. The summed E-state index contributed by atoms with van der Waals surface area (Å²) in [5, 5.41) is 0.178. The lowest BCUT2D eigenvalue weighted by Gasteiger charge is -2.09.